The van der Waals surface area contributed by atoms with Crippen molar-refractivity contribution in [3.05, 3.63) is 72.1 Å². The Kier molecular flexibility index (Phi) is 6.69. The van der Waals surface area contributed by atoms with E-state index in [9.17, 15) is 9.18 Å². The number of alkyl halides is 1. The van der Waals surface area contributed by atoms with Crippen LogP contribution >= 0.6 is 0 Å². The lowest BCUT2D eigenvalue weighted by atomic mass is 9.98. The minimum absolute atomic E-state index is 0.230. The highest BCUT2D eigenvalue weighted by Crippen LogP contribution is 2.29. The Balaban J connectivity index is 1.34. The minimum Gasteiger partial charge on any atom is -0.457 e. The predicted molar refractivity (Wildman–Crippen MR) is 138 cm³/mol. The van der Waals surface area contributed by atoms with Crippen molar-refractivity contribution in [2.75, 3.05) is 20.1 Å². The van der Waals surface area contributed by atoms with Crippen LogP contribution in [0.5, 0.6) is 11.5 Å². The summed E-state index contributed by atoms with van der Waals surface area (Å²) in [4.78, 5) is 19.5. The van der Waals surface area contributed by atoms with Crippen LogP contribution in [0.2, 0.25) is 0 Å². The number of hydrogen-bond donors (Lipinski definition) is 1. The first-order valence-electron chi connectivity index (χ1n) is 12.2. The fourth-order valence-corrected chi connectivity index (χ4v) is 4.69. The van der Waals surface area contributed by atoms with Crippen LogP contribution in [0.3, 0.4) is 0 Å². The number of carbonyl (C=O) groups is 1. The van der Waals surface area contributed by atoms with E-state index in [-0.39, 0.29) is 5.91 Å². The summed E-state index contributed by atoms with van der Waals surface area (Å²) >= 11 is 0. The Morgan fingerprint density at radius 1 is 1.14 bits per heavy atom. The van der Waals surface area contributed by atoms with Crippen molar-refractivity contribution >= 4 is 16.8 Å². The van der Waals surface area contributed by atoms with E-state index >= 15 is 0 Å². The molecule has 0 bridgehead atoms. The molecule has 4 aromatic rings. The zero-order chi connectivity index (χ0) is 25.2. The third-order valence-corrected chi connectivity index (χ3v) is 6.78. The van der Waals surface area contributed by atoms with Crippen LogP contribution in [0.1, 0.15) is 29.3 Å². The summed E-state index contributed by atoms with van der Waals surface area (Å²) in [5.74, 6) is 1.15. The molecule has 0 saturated carbocycles. The van der Waals surface area contributed by atoms with Crippen molar-refractivity contribution < 1.29 is 13.9 Å². The summed E-state index contributed by atoms with van der Waals surface area (Å²) in [7, 11) is 3.79. The third-order valence-electron chi connectivity index (χ3n) is 6.78. The molecule has 1 fully saturated rings. The van der Waals surface area contributed by atoms with Crippen LogP contribution in [0, 0.1) is 0 Å². The van der Waals surface area contributed by atoms with E-state index in [1.54, 1.807) is 12.3 Å². The van der Waals surface area contributed by atoms with E-state index < -0.39 is 12.2 Å². The second-order valence-electron chi connectivity index (χ2n) is 9.34. The Morgan fingerprint density at radius 2 is 1.97 bits per heavy atom. The molecule has 0 unspecified atom stereocenters. The van der Waals surface area contributed by atoms with Gasteiger partial charge in [-0.3, -0.25) is 14.5 Å². The van der Waals surface area contributed by atoms with Crippen molar-refractivity contribution in [2.24, 2.45) is 7.05 Å². The lowest BCUT2D eigenvalue weighted by molar-refractivity contribution is 0.0821. The molecule has 0 radical (unpaired) electrons. The van der Waals surface area contributed by atoms with Crippen LogP contribution in [-0.2, 0) is 13.5 Å². The van der Waals surface area contributed by atoms with E-state index in [1.807, 2.05) is 79.3 Å². The molecular formula is C28H30FN5O2. The first kappa shape index (κ1) is 23.9. The van der Waals surface area contributed by atoms with Crippen molar-refractivity contribution in [3.63, 3.8) is 0 Å². The van der Waals surface area contributed by atoms with Crippen molar-refractivity contribution in [1.82, 2.24) is 25.0 Å². The topological polar surface area (TPSA) is 72.3 Å². The van der Waals surface area contributed by atoms with Gasteiger partial charge in [0.2, 0.25) is 0 Å². The lowest BCUT2D eigenvalue weighted by Gasteiger charge is -2.32. The third kappa shape index (κ3) is 4.95. The second kappa shape index (κ2) is 10.1. The van der Waals surface area contributed by atoms with Crippen molar-refractivity contribution in [3.8, 4) is 22.8 Å². The number of pyridine rings is 1. The van der Waals surface area contributed by atoms with Gasteiger partial charge in [0, 0.05) is 55.0 Å². The first-order valence-corrected chi connectivity index (χ1v) is 12.2. The molecule has 1 aliphatic heterocycles. The Hall–Kier alpha value is -3.78. The number of benzene rings is 2. The largest absolute Gasteiger partial charge is 0.457 e. The van der Waals surface area contributed by atoms with Gasteiger partial charge in [-0.2, -0.15) is 5.10 Å². The number of likely N-dealkylation sites (tertiary alicyclic amines) is 1. The molecule has 1 amide bonds. The summed E-state index contributed by atoms with van der Waals surface area (Å²) in [6, 6.07) is 14.7. The van der Waals surface area contributed by atoms with Gasteiger partial charge in [0.25, 0.3) is 5.91 Å². The molecule has 1 N–H and O–H groups in total. The first-order chi connectivity index (χ1) is 17.4. The normalized spacial score (nSPS) is 18.3. The summed E-state index contributed by atoms with van der Waals surface area (Å²) in [6.45, 7) is 3.11. The fraction of sp³-hybridized carbons (Fsp3) is 0.321. The molecule has 186 valence electrons. The Labute approximate surface area is 209 Å². The molecular weight excluding hydrogens is 457 g/mol. The Bertz CT molecular complexity index is 1400. The number of amides is 1. The predicted octanol–water partition coefficient (Wildman–Crippen LogP) is 4.76. The molecule has 36 heavy (non-hydrogen) atoms. The van der Waals surface area contributed by atoms with E-state index in [0.717, 1.165) is 34.3 Å². The minimum atomic E-state index is -1.07. The second-order valence-corrected chi connectivity index (χ2v) is 9.34. The molecule has 0 aliphatic carbocycles. The van der Waals surface area contributed by atoms with Crippen LogP contribution in [-0.4, -0.2) is 57.9 Å². The molecule has 8 heteroatoms. The number of ether oxygens (including phenoxy) is 1. The average Bonchev–Trinajstić information content (AvgIpc) is 3.25. The zero-order valence-electron chi connectivity index (χ0n) is 20.7. The van der Waals surface area contributed by atoms with Crippen LogP contribution in [0.4, 0.5) is 4.39 Å². The molecule has 7 nitrogen and oxygen atoms in total. The van der Waals surface area contributed by atoms with Crippen molar-refractivity contribution in [1.29, 1.82) is 0 Å². The van der Waals surface area contributed by atoms with Crippen molar-refractivity contribution in [2.45, 2.75) is 32.0 Å². The molecule has 1 aliphatic rings. The van der Waals surface area contributed by atoms with Crippen LogP contribution in [0.25, 0.3) is 22.2 Å². The number of piperidine rings is 1. The molecule has 1 saturated heterocycles. The van der Waals surface area contributed by atoms with E-state index in [0.29, 0.717) is 36.4 Å². The smallest absolute Gasteiger partial charge is 0.251 e. The van der Waals surface area contributed by atoms with Crippen LogP contribution < -0.4 is 10.1 Å². The summed E-state index contributed by atoms with van der Waals surface area (Å²) in [6.07, 6.45) is 3.74. The zero-order valence-corrected chi connectivity index (χ0v) is 20.7. The summed E-state index contributed by atoms with van der Waals surface area (Å²) < 4.78 is 22.4. The van der Waals surface area contributed by atoms with E-state index in [2.05, 4.69) is 15.4 Å². The van der Waals surface area contributed by atoms with Gasteiger partial charge in [-0.05, 0) is 55.8 Å². The number of aryl methyl sites for hydroxylation is 2. The number of carbonyl (C=O) groups excluding carboxylic acids is 1. The number of halogens is 1. The quantitative estimate of drug-likeness (QED) is 0.425. The number of aromatic nitrogens is 3. The molecule has 3 heterocycles. The maximum Gasteiger partial charge on any atom is 0.251 e. The highest BCUT2D eigenvalue weighted by molar-refractivity contribution is 5.96. The standard InChI is InChI=1S/C28H30FN5O2/c1-4-18-13-19(6-8-23(18)28(35)32-25-10-12-33(2)17-24(25)29)26-14-22(9-11-30-26)36-21-7-5-20-16-31-34(3)27(20)15-21/h5-9,11,13-16,24-25H,4,10,12,17H2,1-3H3,(H,32,35)/t24-,25+/m1/s1. The van der Waals surface area contributed by atoms with Gasteiger partial charge in [-0.25, -0.2) is 4.39 Å². The highest BCUT2D eigenvalue weighted by atomic mass is 19.1. The number of nitrogens with zero attached hydrogens (tertiary/aromatic N) is 4. The fourth-order valence-electron chi connectivity index (χ4n) is 4.69. The maximum absolute atomic E-state index is 14.4. The molecule has 2 aromatic carbocycles. The van der Waals surface area contributed by atoms with Gasteiger partial charge in [0.1, 0.15) is 17.7 Å². The number of hydrogen-bond acceptors (Lipinski definition) is 5. The van der Waals surface area contributed by atoms with Gasteiger partial charge < -0.3 is 15.0 Å². The molecule has 2 aromatic heterocycles. The average molecular weight is 488 g/mol. The molecule has 5 rings (SSSR count). The maximum atomic E-state index is 14.4. The monoisotopic (exact) mass is 487 g/mol. The number of fused-ring (bicyclic) bond motifs is 1. The number of nitrogens with one attached hydrogen (secondary N) is 1. The summed E-state index contributed by atoms with van der Waals surface area (Å²) in [5, 5.41) is 8.23. The summed E-state index contributed by atoms with van der Waals surface area (Å²) in [5.41, 5.74) is 4.09. The van der Waals surface area contributed by atoms with E-state index in [4.69, 9.17) is 4.74 Å². The van der Waals surface area contributed by atoms with Gasteiger partial charge in [0.15, 0.2) is 0 Å². The van der Waals surface area contributed by atoms with Crippen LogP contribution in [0.15, 0.2) is 60.9 Å². The van der Waals surface area contributed by atoms with Gasteiger partial charge in [-0.1, -0.05) is 13.0 Å². The van der Waals surface area contributed by atoms with Gasteiger partial charge in [-0.15, -0.1) is 0 Å². The lowest BCUT2D eigenvalue weighted by Crippen LogP contribution is -2.51. The highest BCUT2D eigenvalue weighted by Gasteiger charge is 2.29. The Morgan fingerprint density at radius 3 is 2.78 bits per heavy atom. The van der Waals surface area contributed by atoms with Gasteiger partial charge >= 0.3 is 0 Å². The SMILES string of the molecule is CCc1cc(-c2cc(Oc3ccc4cnn(C)c4c3)ccn2)ccc1C(=O)N[C@H]1CCN(C)C[C@H]1F. The number of rotatable bonds is 6. The van der Waals surface area contributed by atoms with Gasteiger partial charge in [0.05, 0.1) is 23.4 Å². The molecule has 2 atom stereocenters. The molecule has 0 spiro atoms. The van der Waals surface area contributed by atoms with E-state index in [1.165, 1.54) is 0 Å².